The maximum Gasteiger partial charge on any atom is 0.119 e. The predicted octanol–water partition coefficient (Wildman–Crippen LogP) is 3.95. The summed E-state index contributed by atoms with van der Waals surface area (Å²) in [6.45, 7) is 0. The number of nitrogens with zero attached hydrogens (tertiary/aromatic N) is 1. The Morgan fingerprint density at radius 1 is 0.889 bits per heavy atom. The van der Waals surface area contributed by atoms with Crippen molar-refractivity contribution in [1.82, 2.24) is 0 Å². The molecule has 18 heavy (non-hydrogen) atoms. The van der Waals surface area contributed by atoms with E-state index in [0.717, 1.165) is 5.75 Å². The van der Waals surface area contributed by atoms with Gasteiger partial charge >= 0.3 is 0 Å². The summed E-state index contributed by atoms with van der Waals surface area (Å²) in [4.78, 5) is 2.21. The lowest BCUT2D eigenvalue weighted by Crippen LogP contribution is -2.10. The summed E-state index contributed by atoms with van der Waals surface area (Å²) in [5.41, 5.74) is 4.82. The molecule has 0 aliphatic carbocycles. The van der Waals surface area contributed by atoms with Crippen LogP contribution < -0.4 is 9.64 Å². The van der Waals surface area contributed by atoms with Crippen LogP contribution in [0, 0.1) is 0 Å². The fraction of sp³-hybridized carbons (Fsp3) is 0.125. The molecular weight excluding hydrogens is 222 g/mol. The summed E-state index contributed by atoms with van der Waals surface area (Å²) < 4.78 is 5.28. The van der Waals surface area contributed by atoms with Crippen molar-refractivity contribution >= 4 is 23.5 Å². The number of hydrogen-bond acceptors (Lipinski definition) is 2. The van der Waals surface area contributed by atoms with Gasteiger partial charge in [-0.2, -0.15) is 0 Å². The summed E-state index contributed by atoms with van der Waals surface area (Å²) in [5.74, 6) is 0.887. The SMILES string of the molecule is COc1ccc2c(c1)C=Cc1ccccc1N2C. The minimum atomic E-state index is 0.887. The highest BCUT2D eigenvalue weighted by atomic mass is 16.5. The number of ether oxygens (including phenoxy) is 1. The quantitative estimate of drug-likeness (QED) is 0.744. The van der Waals surface area contributed by atoms with E-state index < -0.39 is 0 Å². The van der Waals surface area contributed by atoms with E-state index in [4.69, 9.17) is 4.74 Å². The van der Waals surface area contributed by atoms with Gasteiger partial charge in [-0.1, -0.05) is 30.4 Å². The van der Waals surface area contributed by atoms with E-state index in [0.29, 0.717) is 0 Å². The molecule has 1 aliphatic heterocycles. The minimum absolute atomic E-state index is 0.887. The molecule has 0 radical (unpaired) electrons. The Bertz CT molecular complexity index is 616. The molecule has 0 unspecified atom stereocenters. The van der Waals surface area contributed by atoms with E-state index in [1.54, 1.807) is 7.11 Å². The Morgan fingerprint density at radius 2 is 1.61 bits per heavy atom. The molecule has 2 aromatic carbocycles. The van der Waals surface area contributed by atoms with Crippen LogP contribution in [0.15, 0.2) is 42.5 Å². The molecule has 0 saturated heterocycles. The lowest BCUT2D eigenvalue weighted by molar-refractivity contribution is 0.415. The molecule has 0 N–H and O–H groups in total. The third-order valence-corrected chi connectivity index (χ3v) is 3.34. The minimum Gasteiger partial charge on any atom is -0.497 e. The van der Waals surface area contributed by atoms with Crippen molar-refractivity contribution in [1.29, 1.82) is 0 Å². The van der Waals surface area contributed by atoms with Gasteiger partial charge in [0, 0.05) is 24.0 Å². The van der Waals surface area contributed by atoms with Crippen LogP contribution in [0.4, 0.5) is 11.4 Å². The van der Waals surface area contributed by atoms with Crippen molar-refractivity contribution in [3.63, 3.8) is 0 Å². The molecule has 90 valence electrons. The van der Waals surface area contributed by atoms with Gasteiger partial charge in [-0.15, -0.1) is 0 Å². The highest BCUT2D eigenvalue weighted by Gasteiger charge is 2.14. The molecule has 1 aliphatic rings. The van der Waals surface area contributed by atoms with Crippen molar-refractivity contribution < 1.29 is 4.74 Å². The van der Waals surface area contributed by atoms with Gasteiger partial charge in [-0.05, 0) is 29.8 Å². The van der Waals surface area contributed by atoms with Gasteiger partial charge < -0.3 is 9.64 Å². The first-order valence-electron chi connectivity index (χ1n) is 5.98. The number of fused-ring (bicyclic) bond motifs is 2. The summed E-state index contributed by atoms with van der Waals surface area (Å²) in [7, 11) is 3.79. The highest BCUT2D eigenvalue weighted by molar-refractivity contribution is 5.88. The first-order chi connectivity index (χ1) is 8.79. The smallest absolute Gasteiger partial charge is 0.119 e. The van der Waals surface area contributed by atoms with Gasteiger partial charge in [0.15, 0.2) is 0 Å². The van der Waals surface area contributed by atoms with E-state index in [1.165, 1.54) is 22.5 Å². The Kier molecular flexibility index (Phi) is 2.56. The second kappa shape index (κ2) is 4.22. The average molecular weight is 237 g/mol. The largest absolute Gasteiger partial charge is 0.497 e. The number of hydrogen-bond donors (Lipinski definition) is 0. The third-order valence-electron chi connectivity index (χ3n) is 3.34. The molecular formula is C16H15NO. The second-order valence-electron chi connectivity index (χ2n) is 4.38. The van der Waals surface area contributed by atoms with Crippen molar-refractivity contribution in [3.8, 4) is 5.75 Å². The fourth-order valence-electron chi connectivity index (χ4n) is 2.34. The van der Waals surface area contributed by atoms with E-state index >= 15 is 0 Å². The maximum absolute atomic E-state index is 5.28. The molecule has 0 atom stereocenters. The van der Waals surface area contributed by atoms with Crippen LogP contribution in [0.25, 0.3) is 12.2 Å². The zero-order chi connectivity index (χ0) is 12.5. The highest BCUT2D eigenvalue weighted by Crippen LogP contribution is 2.36. The standard InChI is InChI=1S/C16H15NO/c1-17-15-6-4-3-5-12(15)7-8-13-11-14(18-2)9-10-16(13)17/h3-11H,1-2H3. The fourth-order valence-corrected chi connectivity index (χ4v) is 2.34. The van der Waals surface area contributed by atoms with Crippen molar-refractivity contribution in [2.75, 3.05) is 19.1 Å². The van der Waals surface area contributed by atoms with Gasteiger partial charge in [-0.3, -0.25) is 0 Å². The zero-order valence-corrected chi connectivity index (χ0v) is 10.6. The Balaban J connectivity index is 2.19. The third kappa shape index (κ3) is 1.66. The zero-order valence-electron chi connectivity index (χ0n) is 10.6. The lowest BCUT2D eigenvalue weighted by Gasteiger charge is -2.22. The predicted molar refractivity (Wildman–Crippen MR) is 76.4 cm³/mol. The molecule has 2 nitrogen and oxygen atoms in total. The molecule has 0 spiro atoms. The molecule has 0 saturated carbocycles. The number of rotatable bonds is 1. The summed E-state index contributed by atoms with van der Waals surface area (Å²) >= 11 is 0. The molecule has 3 rings (SSSR count). The molecule has 0 fully saturated rings. The van der Waals surface area contributed by atoms with Gasteiger partial charge in [0.1, 0.15) is 5.75 Å². The maximum atomic E-state index is 5.28. The van der Waals surface area contributed by atoms with Crippen LogP contribution in [0.2, 0.25) is 0 Å². The molecule has 0 aromatic heterocycles. The lowest BCUT2D eigenvalue weighted by atomic mass is 10.1. The van der Waals surface area contributed by atoms with E-state index in [1.807, 2.05) is 6.07 Å². The molecule has 1 heterocycles. The van der Waals surface area contributed by atoms with Gasteiger partial charge in [0.25, 0.3) is 0 Å². The Hall–Kier alpha value is -2.22. The monoisotopic (exact) mass is 237 g/mol. The second-order valence-corrected chi connectivity index (χ2v) is 4.38. The molecule has 0 amide bonds. The van der Waals surface area contributed by atoms with Crippen LogP contribution in [-0.4, -0.2) is 14.2 Å². The Morgan fingerprint density at radius 3 is 2.44 bits per heavy atom. The summed E-state index contributed by atoms with van der Waals surface area (Å²) in [6, 6.07) is 14.6. The van der Waals surface area contributed by atoms with Gasteiger partial charge in [0.2, 0.25) is 0 Å². The van der Waals surface area contributed by atoms with Crippen LogP contribution in [0.3, 0.4) is 0 Å². The van der Waals surface area contributed by atoms with Crippen LogP contribution >= 0.6 is 0 Å². The van der Waals surface area contributed by atoms with Crippen molar-refractivity contribution in [3.05, 3.63) is 53.6 Å². The van der Waals surface area contributed by atoms with Crippen molar-refractivity contribution in [2.45, 2.75) is 0 Å². The number of anilines is 2. The van der Waals surface area contributed by atoms with E-state index in [9.17, 15) is 0 Å². The van der Waals surface area contributed by atoms with Crippen molar-refractivity contribution in [2.24, 2.45) is 0 Å². The van der Waals surface area contributed by atoms with E-state index in [-0.39, 0.29) is 0 Å². The summed E-state index contributed by atoms with van der Waals surface area (Å²) in [6.07, 6.45) is 4.29. The number of methoxy groups -OCH3 is 1. The van der Waals surface area contributed by atoms with E-state index in [2.05, 4.69) is 60.5 Å². The van der Waals surface area contributed by atoms with Crippen LogP contribution in [0.1, 0.15) is 11.1 Å². The van der Waals surface area contributed by atoms with Gasteiger partial charge in [-0.25, -0.2) is 0 Å². The topological polar surface area (TPSA) is 12.5 Å². The van der Waals surface area contributed by atoms with Crippen LogP contribution in [0.5, 0.6) is 5.75 Å². The van der Waals surface area contributed by atoms with Gasteiger partial charge in [0.05, 0.1) is 7.11 Å². The Labute approximate surface area is 107 Å². The normalized spacial score (nSPS) is 12.7. The first-order valence-corrected chi connectivity index (χ1v) is 5.98. The average Bonchev–Trinajstić information content (AvgIpc) is 2.57. The molecule has 2 aromatic rings. The molecule has 0 bridgehead atoms. The number of benzene rings is 2. The number of para-hydroxylation sites is 1. The van der Waals surface area contributed by atoms with Crippen LogP contribution in [-0.2, 0) is 0 Å². The molecule has 2 heteroatoms. The first kappa shape index (κ1) is 10.9. The summed E-state index contributed by atoms with van der Waals surface area (Å²) in [5, 5.41) is 0.